The highest BCUT2D eigenvalue weighted by molar-refractivity contribution is 9.10. The van der Waals surface area contributed by atoms with Gasteiger partial charge in [0.1, 0.15) is 0 Å². The minimum atomic E-state index is 0.00629. The fourth-order valence-corrected chi connectivity index (χ4v) is 6.28. The number of fused-ring (bicyclic) bond motifs is 3. The molecule has 31 heavy (non-hydrogen) atoms. The maximum atomic E-state index is 13.5. The summed E-state index contributed by atoms with van der Waals surface area (Å²) in [6.07, 6.45) is 5.33. The van der Waals surface area contributed by atoms with Crippen molar-refractivity contribution in [1.29, 1.82) is 0 Å². The number of hydrogen-bond acceptors (Lipinski definition) is 2. The molecule has 0 aliphatic heterocycles. The lowest BCUT2D eigenvalue weighted by Gasteiger charge is -2.28. The standard InChI is InChI=1S/C27H29BrN2O/c1-15-4-8-21(16(2)10-15)26-14-24(23-13-20(28)7-9-25(23)30-26)27(31)29-17(3)22-12-18-5-6-19(22)11-18/h4,7-10,13-14,17-19,22H,5-6,11-12H2,1-3H3,(H,29,31)/t17-,18+,19+,22+/m0/s1. The Bertz CT molecular complexity index is 1170. The van der Waals surface area contributed by atoms with Crippen molar-refractivity contribution >= 4 is 32.7 Å². The Kier molecular flexibility index (Phi) is 5.37. The van der Waals surface area contributed by atoms with E-state index in [0.717, 1.165) is 38.5 Å². The number of benzene rings is 2. The van der Waals surface area contributed by atoms with E-state index in [2.05, 4.69) is 60.2 Å². The van der Waals surface area contributed by atoms with Gasteiger partial charge in [0, 0.05) is 21.5 Å². The van der Waals surface area contributed by atoms with Crippen LogP contribution in [0.5, 0.6) is 0 Å². The summed E-state index contributed by atoms with van der Waals surface area (Å²) in [6, 6.07) is 14.5. The quantitative estimate of drug-likeness (QED) is 0.447. The van der Waals surface area contributed by atoms with Crippen molar-refractivity contribution in [2.45, 2.75) is 52.5 Å². The molecule has 4 heteroatoms. The molecule has 2 aromatic carbocycles. The van der Waals surface area contributed by atoms with Crippen LogP contribution in [0.1, 0.15) is 54.1 Å². The normalized spacial score (nSPS) is 23.3. The van der Waals surface area contributed by atoms with Crippen LogP contribution in [0.15, 0.2) is 46.9 Å². The van der Waals surface area contributed by atoms with Crippen molar-refractivity contribution in [2.24, 2.45) is 17.8 Å². The molecule has 1 N–H and O–H groups in total. The Morgan fingerprint density at radius 1 is 1.10 bits per heavy atom. The highest BCUT2D eigenvalue weighted by Crippen LogP contribution is 2.49. The van der Waals surface area contributed by atoms with E-state index in [-0.39, 0.29) is 11.9 Å². The molecule has 0 saturated heterocycles. The molecule has 1 amide bonds. The molecule has 0 radical (unpaired) electrons. The van der Waals surface area contributed by atoms with Gasteiger partial charge in [-0.15, -0.1) is 0 Å². The lowest BCUT2D eigenvalue weighted by Crippen LogP contribution is -2.40. The third-order valence-electron chi connectivity index (χ3n) is 7.47. The van der Waals surface area contributed by atoms with Gasteiger partial charge < -0.3 is 5.32 Å². The lowest BCUT2D eigenvalue weighted by molar-refractivity contribution is 0.0917. The highest BCUT2D eigenvalue weighted by Gasteiger charge is 2.42. The first-order valence-electron chi connectivity index (χ1n) is 11.4. The summed E-state index contributed by atoms with van der Waals surface area (Å²) in [5.74, 6) is 2.28. The van der Waals surface area contributed by atoms with E-state index in [9.17, 15) is 4.79 Å². The van der Waals surface area contributed by atoms with E-state index in [0.29, 0.717) is 11.5 Å². The van der Waals surface area contributed by atoms with Crippen molar-refractivity contribution in [3.63, 3.8) is 0 Å². The van der Waals surface area contributed by atoms with Crippen molar-refractivity contribution in [3.8, 4) is 11.3 Å². The lowest BCUT2D eigenvalue weighted by atomic mass is 9.84. The molecule has 1 aromatic heterocycles. The minimum absolute atomic E-state index is 0.00629. The van der Waals surface area contributed by atoms with E-state index >= 15 is 0 Å². The van der Waals surface area contributed by atoms with Crippen molar-refractivity contribution in [1.82, 2.24) is 10.3 Å². The second-order valence-corrected chi connectivity index (χ2v) is 10.6. The number of aryl methyl sites for hydroxylation is 2. The highest BCUT2D eigenvalue weighted by atomic mass is 79.9. The third-order valence-corrected chi connectivity index (χ3v) is 7.96. The zero-order valence-corrected chi connectivity index (χ0v) is 20.0. The van der Waals surface area contributed by atoms with Gasteiger partial charge in [-0.2, -0.15) is 0 Å². The van der Waals surface area contributed by atoms with Crippen LogP contribution in [0.4, 0.5) is 0 Å². The number of halogens is 1. The maximum Gasteiger partial charge on any atom is 0.252 e. The van der Waals surface area contributed by atoms with Crippen LogP contribution in [-0.2, 0) is 0 Å². The smallest absolute Gasteiger partial charge is 0.252 e. The number of carbonyl (C=O) groups excluding carboxylic acids is 1. The van der Waals surface area contributed by atoms with E-state index in [1.54, 1.807) is 0 Å². The number of carbonyl (C=O) groups is 1. The number of aromatic nitrogens is 1. The van der Waals surface area contributed by atoms with Crippen LogP contribution in [0.3, 0.4) is 0 Å². The van der Waals surface area contributed by atoms with Gasteiger partial charge in [-0.05, 0) is 87.6 Å². The molecule has 3 aromatic rings. The molecule has 160 valence electrons. The molecule has 3 nitrogen and oxygen atoms in total. The van der Waals surface area contributed by atoms with E-state index in [4.69, 9.17) is 4.98 Å². The van der Waals surface area contributed by atoms with Crippen molar-refractivity contribution < 1.29 is 4.79 Å². The molecular weight excluding hydrogens is 448 g/mol. The predicted molar refractivity (Wildman–Crippen MR) is 130 cm³/mol. The minimum Gasteiger partial charge on any atom is -0.349 e. The predicted octanol–water partition coefficient (Wildman–Crippen LogP) is 6.84. The molecule has 2 aliphatic carbocycles. The molecule has 5 rings (SSSR count). The summed E-state index contributed by atoms with van der Waals surface area (Å²) in [4.78, 5) is 18.4. The van der Waals surface area contributed by atoms with Gasteiger partial charge >= 0.3 is 0 Å². The van der Waals surface area contributed by atoms with Gasteiger partial charge in [0.05, 0.1) is 16.8 Å². The largest absolute Gasteiger partial charge is 0.349 e. The zero-order chi connectivity index (χ0) is 21.7. The fraction of sp³-hybridized carbons (Fsp3) is 0.407. The van der Waals surface area contributed by atoms with Crippen LogP contribution in [0.25, 0.3) is 22.2 Å². The summed E-state index contributed by atoms with van der Waals surface area (Å²) in [6.45, 7) is 6.39. The SMILES string of the molecule is Cc1ccc(-c2cc(C(=O)N[C@@H](C)[C@H]3C[C@@H]4CC[C@@H]3C4)c3cc(Br)ccc3n2)c(C)c1. The Labute approximate surface area is 192 Å². The molecule has 0 unspecified atom stereocenters. The van der Waals surface area contributed by atoms with E-state index in [1.807, 2.05) is 24.3 Å². The van der Waals surface area contributed by atoms with Crippen LogP contribution in [-0.4, -0.2) is 16.9 Å². The molecule has 4 atom stereocenters. The van der Waals surface area contributed by atoms with Crippen LogP contribution < -0.4 is 5.32 Å². The van der Waals surface area contributed by atoms with E-state index < -0.39 is 0 Å². The first-order valence-corrected chi connectivity index (χ1v) is 12.2. The summed E-state index contributed by atoms with van der Waals surface area (Å²) in [7, 11) is 0. The first-order chi connectivity index (χ1) is 14.9. The average molecular weight is 477 g/mol. The monoisotopic (exact) mass is 476 g/mol. The Morgan fingerprint density at radius 3 is 2.65 bits per heavy atom. The molecule has 2 aliphatic rings. The Morgan fingerprint density at radius 2 is 1.94 bits per heavy atom. The number of hydrogen-bond donors (Lipinski definition) is 1. The number of pyridine rings is 1. The molecular formula is C27H29BrN2O. The van der Waals surface area contributed by atoms with Crippen LogP contribution in [0, 0.1) is 31.6 Å². The van der Waals surface area contributed by atoms with Gasteiger partial charge in [-0.1, -0.05) is 46.1 Å². The second-order valence-electron chi connectivity index (χ2n) is 9.64. The van der Waals surface area contributed by atoms with Crippen molar-refractivity contribution in [3.05, 3.63) is 63.6 Å². The Hall–Kier alpha value is -2.20. The van der Waals surface area contributed by atoms with E-state index in [1.165, 1.54) is 36.8 Å². The van der Waals surface area contributed by atoms with Gasteiger partial charge in [-0.3, -0.25) is 4.79 Å². The second kappa shape index (κ2) is 8.05. The zero-order valence-electron chi connectivity index (χ0n) is 18.4. The first kappa shape index (κ1) is 20.7. The number of rotatable bonds is 4. The molecule has 2 fully saturated rings. The number of nitrogens with zero attached hydrogens (tertiary/aromatic N) is 1. The molecule has 0 spiro atoms. The maximum absolute atomic E-state index is 13.5. The topological polar surface area (TPSA) is 42.0 Å². The van der Waals surface area contributed by atoms with Gasteiger partial charge in [0.25, 0.3) is 5.91 Å². The van der Waals surface area contributed by atoms with Crippen LogP contribution >= 0.6 is 15.9 Å². The van der Waals surface area contributed by atoms with Gasteiger partial charge in [0.15, 0.2) is 0 Å². The van der Waals surface area contributed by atoms with Gasteiger partial charge in [-0.25, -0.2) is 4.98 Å². The van der Waals surface area contributed by atoms with Crippen molar-refractivity contribution in [2.75, 3.05) is 0 Å². The molecule has 2 saturated carbocycles. The summed E-state index contributed by atoms with van der Waals surface area (Å²) < 4.78 is 0.955. The Balaban J connectivity index is 1.53. The summed E-state index contributed by atoms with van der Waals surface area (Å²) in [5.41, 5.74) is 5.87. The molecule has 1 heterocycles. The summed E-state index contributed by atoms with van der Waals surface area (Å²) in [5, 5.41) is 4.24. The number of amides is 1. The number of nitrogens with one attached hydrogen (secondary N) is 1. The average Bonchev–Trinajstić information content (AvgIpc) is 3.37. The third kappa shape index (κ3) is 3.91. The summed E-state index contributed by atoms with van der Waals surface area (Å²) >= 11 is 3.57. The van der Waals surface area contributed by atoms with Crippen LogP contribution in [0.2, 0.25) is 0 Å². The fourth-order valence-electron chi connectivity index (χ4n) is 5.92. The van der Waals surface area contributed by atoms with Gasteiger partial charge in [0.2, 0.25) is 0 Å². The molecule has 2 bridgehead atoms.